The van der Waals surface area contributed by atoms with Gasteiger partial charge in [0.25, 0.3) is 0 Å². The van der Waals surface area contributed by atoms with E-state index < -0.39 is 0 Å². The zero-order valence-electron chi connectivity index (χ0n) is 4.95. The summed E-state index contributed by atoms with van der Waals surface area (Å²) in [6, 6.07) is 8.32. The molecule has 0 bridgehead atoms. The van der Waals surface area contributed by atoms with Crippen LogP contribution in [0, 0.1) is 0 Å². The molecule has 0 unspecified atom stereocenters. The zero-order valence-corrected chi connectivity index (χ0v) is 8.24. The van der Waals surface area contributed by atoms with Crippen molar-refractivity contribution >= 4 is 33.0 Å². The Bertz CT molecular complexity index is 292. The summed E-state index contributed by atoms with van der Waals surface area (Å²) in [5, 5.41) is 0. The molecule has 0 fully saturated rings. The summed E-state index contributed by atoms with van der Waals surface area (Å²) in [6.45, 7) is 0. The van der Waals surface area contributed by atoms with Gasteiger partial charge in [-0.15, -0.1) is 0 Å². The first-order valence-electron chi connectivity index (χ1n) is 2.60. The van der Waals surface area contributed by atoms with Crippen molar-refractivity contribution in [3.05, 3.63) is 24.3 Å². The number of aromatic nitrogens is 1. The monoisotopic (exact) mass is 237 g/mol. The third-order valence-electron chi connectivity index (χ3n) is 1.13. The van der Waals surface area contributed by atoms with Gasteiger partial charge in [0.1, 0.15) is 0 Å². The topological polar surface area (TPSA) is 12.9 Å². The number of halogens is 1. The van der Waals surface area contributed by atoms with Crippen LogP contribution in [0.5, 0.6) is 0 Å². The fraction of sp³-hybridized carbons (Fsp3) is 0. The van der Waals surface area contributed by atoms with E-state index in [2.05, 4.69) is 22.6 Å². The molecule has 1 heterocycles. The van der Waals surface area contributed by atoms with Gasteiger partial charge in [-0.05, 0) is 0 Å². The Balaban J connectivity index is 0.000000500. The Morgan fingerprint density at radius 3 is 2.90 bits per heavy atom. The molecule has 0 saturated carbocycles. The van der Waals surface area contributed by atoms with Gasteiger partial charge in [-0.1, -0.05) is 0 Å². The van der Waals surface area contributed by atoms with E-state index in [-0.39, 0.29) is 12.4 Å². The molecule has 0 N–H and O–H groups in total. The molecule has 10 heavy (non-hydrogen) atoms. The molecule has 1 nitrogen and oxygen atoms in total. The molecule has 0 aliphatic heterocycles. The molecule has 0 aliphatic carbocycles. The Morgan fingerprint density at radius 2 is 2.10 bits per heavy atom. The van der Waals surface area contributed by atoms with Gasteiger partial charge in [-0.3, -0.25) is 0 Å². The predicted octanol–water partition coefficient (Wildman–Crippen LogP) is -1.36. The van der Waals surface area contributed by atoms with Gasteiger partial charge in [-0.2, -0.15) is 0 Å². The van der Waals surface area contributed by atoms with Crippen LogP contribution < -0.4 is 12.4 Å². The van der Waals surface area contributed by atoms with E-state index in [4.69, 9.17) is 0 Å². The summed E-state index contributed by atoms with van der Waals surface area (Å²) < 4.78 is 5.67. The number of hydrogen-bond acceptors (Lipinski definition) is 1. The maximum absolute atomic E-state index is 4.24. The summed E-state index contributed by atoms with van der Waals surface area (Å²) in [4.78, 5) is 0. The van der Waals surface area contributed by atoms with E-state index in [9.17, 15) is 0 Å². The summed E-state index contributed by atoms with van der Waals surface area (Å²) in [6.07, 6.45) is 0. The van der Waals surface area contributed by atoms with Gasteiger partial charge in [0.05, 0.1) is 0 Å². The first-order valence-corrected chi connectivity index (χ1v) is 6.26. The second-order valence-corrected chi connectivity index (χ2v) is 5.13. The first-order chi connectivity index (χ1) is 4.47. The molecule has 4 heteroatoms. The van der Waals surface area contributed by atoms with Crippen LogP contribution in [-0.2, 0) is 0 Å². The van der Waals surface area contributed by atoms with Crippen LogP contribution in [0.1, 0.15) is 0 Å². The summed E-state index contributed by atoms with van der Waals surface area (Å²) in [5.41, 5.74) is 1.18. The van der Waals surface area contributed by atoms with Crippen LogP contribution in [0.2, 0.25) is 0 Å². The number of rotatable bonds is 0. The van der Waals surface area contributed by atoms with Crippen molar-refractivity contribution in [3.63, 3.8) is 0 Å². The van der Waals surface area contributed by atoms with E-state index in [1.165, 1.54) is 9.78 Å². The summed E-state index contributed by atoms with van der Waals surface area (Å²) in [5.74, 6) is 0. The van der Waals surface area contributed by atoms with Crippen molar-refractivity contribution < 1.29 is 12.4 Å². The molecule has 0 saturated heterocycles. The molecular weight excluding hydrogens is 233 g/mol. The van der Waals surface area contributed by atoms with E-state index in [1.807, 2.05) is 6.07 Å². The fourth-order valence-corrected chi connectivity index (χ4v) is 3.87. The average Bonchev–Trinajstić information content (AvgIpc) is 2.33. The minimum atomic E-state index is 0. The van der Waals surface area contributed by atoms with Crippen LogP contribution in [0.15, 0.2) is 24.3 Å². The van der Waals surface area contributed by atoms with Crippen molar-refractivity contribution in [2.24, 2.45) is 0 Å². The van der Waals surface area contributed by atoms with Gasteiger partial charge < -0.3 is 12.4 Å². The van der Waals surface area contributed by atoms with Gasteiger partial charge >= 0.3 is 61.7 Å². The average molecular weight is 237 g/mol. The zero-order chi connectivity index (χ0) is 6.10. The number of fused-ring (bicyclic) bond motifs is 1. The minimum absolute atomic E-state index is 0. The number of benzene rings is 1. The van der Waals surface area contributed by atoms with Gasteiger partial charge in [0.15, 0.2) is 0 Å². The molecule has 52 valence electrons. The van der Waals surface area contributed by atoms with Crippen LogP contribution in [0.3, 0.4) is 0 Å². The van der Waals surface area contributed by atoms with E-state index >= 15 is 0 Å². The maximum atomic E-state index is 4.24. The Morgan fingerprint density at radius 1 is 1.30 bits per heavy atom. The van der Waals surface area contributed by atoms with Crippen LogP contribution >= 0.6 is 9.91 Å². The second-order valence-electron chi connectivity index (χ2n) is 1.72. The second kappa shape index (κ2) is 3.44. The van der Waals surface area contributed by atoms with E-state index in [1.54, 1.807) is 9.91 Å². The molecule has 1 aromatic carbocycles. The molecule has 2 rings (SSSR count). The van der Waals surface area contributed by atoms with Gasteiger partial charge in [0, 0.05) is 0 Å². The quantitative estimate of drug-likeness (QED) is 0.407. The van der Waals surface area contributed by atoms with Crippen molar-refractivity contribution in [1.29, 1.82) is 0 Å². The SMILES string of the molecule is [Cl-].c1ccc2[se][s+]nc2c1. The Hall–Kier alpha value is 0.0495. The predicted molar refractivity (Wildman–Crippen MR) is 41.0 cm³/mol. The summed E-state index contributed by atoms with van der Waals surface area (Å²) >= 11 is 0.552. The molecule has 0 spiro atoms. The summed E-state index contributed by atoms with van der Waals surface area (Å²) in [7, 11) is 1.69. The van der Waals surface area contributed by atoms with Crippen LogP contribution in [0.4, 0.5) is 0 Å². The third kappa shape index (κ3) is 1.38. The van der Waals surface area contributed by atoms with Crippen LogP contribution in [-0.4, -0.2) is 17.7 Å². The molecule has 0 amide bonds. The van der Waals surface area contributed by atoms with Crippen molar-refractivity contribution in [2.45, 2.75) is 0 Å². The number of hydrogen-bond donors (Lipinski definition) is 0. The Labute approximate surface area is 74.1 Å². The van der Waals surface area contributed by atoms with Crippen LogP contribution in [0.25, 0.3) is 9.78 Å². The molecule has 0 radical (unpaired) electrons. The molecule has 1 aromatic heterocycles. The molecule has 0 aliphatic rings. The molecule has 0 atom stereocenters. The third-order valence-corrected chi connectivity index (χ3v) is 4.45. The van der Waals surface area contributed by atoms with Crippen molar-refractivity contribution in [1.82, 2.24) is 4.37 Å². The van der Waals surface area contributed by atoms with Gasteiger partial charge in [-0.25, -0.2) is 0 Å². The fourth-order valence-electron chi connectivity index (χ4n) is 0.702. The number of nitrogens with zero attached hydrogens (tertiary/aromatic N) is 1. The standard InChI is InChI=1S/C6H4NSSe.ClH/c1-2-4-6-5(3-1)7-8-9-6;/h1-4H;1H/q+1;/p-1. The molecule has 2 aromatic rings. The van der Waals surface area contributed by atoms with Gasteiger partial charge in [0.2, 0.25) is 0 Å². The first kappa shape index (κ1) is 8.15. The normalized spacial score (nSPS) is 9.20. The Kier molecular flexibility index (Phi) is 2.81. The van der Waals surface area contributed by atoms with E-state index in [0.717, 1.165) is 0 Å². The van der Waals surface area contributed by atoms with Crippen molar-refractivity contribution in [2.75, 3.05) is 0 Å². The molecular formula is C6H4ClNSSe. The van der Waals surface area contributed by atoms with E-state index in [0.29, 0.717) is 13.3 Å². The van der Waals surface area contributed by atoms with Crippen molar-refractivity contribution in [3.8, 4) is 0 Å².